The summed E-state index contributed by atoms with van der Waals surface area (Å²) in [6, 6.07) is 10.7. The molecule has 4 heteroatoms. The summed E-state index contributed by atoms with van der Waals surface area (Å²) in [5.41, 5.74) is 3.42. The van der Waals surface area contributed by atoms with Crippen molar-refractivity contribution in [3.63, 3.8) is 0 Å². The summed E-state index contributed by atoms with van der Waals surface area (Å²) in [7, 11) is 0. The molecule has 0 aliphatic rings. The number of amides is 1. The van der Waals surface area contributed by atoms with Crippen molar-refractivity contribution < 1.29 is 4.79 Å². The molecule has 0 bridgehead atoms. The number of aryl methyl sites for hydroxylation is 2. The first-order valence-electron chi connectivity index (χ1n) is 5.85. The van der Waals surface area contributed by atoms with Crippen LogP contribution in [0.25, 0.3) is 0 Å². The van der Waals surface area contributed by atoms with Gasteiger partial charge in [-0.05, 0) is 43.7 Å². The Kier molecular flexibility index (Phi) is 3.58. The summed E-state index contributed by atoms with van der Waals surface area (Å²) >= 11 is 0. The molecule has 1 heterocycles. The number of hydrogen-bond donors (Lipinski definition) is 1. The highest BCUT2D eigenvalue weighted by Crippen LogP contribution is 2.17. The molecule has 1 aromatic heterocycles. The Morgan fingerprint density at radius 1 is 1.26 bits per heavy atom. The zero-order valence-electron chi connectivity index (χ0n) is 10.8. The van der Waals surface area contributed by atoms with Crippen LogP contribution >= 0.6 is 0 Å². The molecule has 1 amide bonds. The highest BCUT2D eigenvalue weighted by atomic mass is 16.1. The average molecular weight is 251 g/mol. The van der Waals surface area contributed by atoms with E-state index < -0.39 is 0 Å². The number of nitriles is 1. The van der Waals surface area contributed by atoms with Crippen molar-refractivity contribution in [3.05, 3.63) is 58.9 Å². The molecule has 1 aromatic carbocycles. The number of pyridine rings is 1. The van der Waals surface area contributed by atoms with Crippen LogP contribution in [-0.2, 0) is 0 Å². The summed E-state index contributed by atoms with van der Waals surface area (Å²) in [6.07, 6.45) is 1.54. The van der Waals surface area contributed by atoms with Crippen LogP contribution in [0.15, 0.2) is 36.5 Å². The van der Waals surface area contributed by atoms with Gasteiger partial charge >= 0.3 is 0 Å². The Morgan fingerprint density at radius 2 is 2.05 bits per heavy atom. The van der Waals surface area contributed by atoms with Crippen molar-refractivity contribution in [2.24, 2.45) is 0 Å². The lowest BCUT2D eigenvalue weighted by Crippen LogP contribution is -2.13. The van der Waals surface area contributed by atoms with Crippen molar-refractivity contribution in [2.45, 2.75) is 13.8 Å². The van der Waals surface area contributed by atoms with Gasteiger partial charge in [-0.25, -0.2) is 0 Å². The number of rotatable bonds is 2. The molecule has 94 valence electrons. The number of carbonyl (C=O) groups is 1. The fraction of sp³-hybridized carbons (Fsp3) is 0.133. The summed E-state index contributed by atoms with van der Waals surface area (Å²) in [5.74, 6) is -0.231. The average Bonchev–Trinajstić information content (AvgIpc) is 2.42. The molecule has 0 aliphatic carbocycles. The molecule has 0 atom stereocenters. The maximum Gasteiger partial charge on any atom is 0.257 e. The molecular formula is C15H13N3O. The van der Waals surface area contributed by atoms with Gasteiger partial charge in [0.2, 0.25) is 0 Å². The Morgan fingerprint density at radius 3 is 2.68 bits per heavy atom. The molecule has 0 spiro atoms. The van der Waals surface area contributed by atoms with Crippen LogP contribution in [0.1, 0.15) is 27.2 Å². The lowest BCUT2D eigenvalue weighted by atomic mass is 10.1. The minimum atomic E-state index is -0.231. The molecular weight excluding hydrogens is 238 g/mol. The fourth-order valence-electron chi connectivity index (χ4n) is 1.62. The Labute approximate surface area is 111 Å². The second-order valence-electron chi connectivity index (χ2n) is 4.28. The minimum Gasteiger partial charge on any atom is -0.322 e. The topological polar surface area (TPSA) is 65.8 Å². The van der Waals surface area contributed by atoms with E-state index >= 15 is 0 Å². The molecule has 0 aliphatic heterocycles. The number of carbonyl (C=O) groups excluding carboxylic acids is 1. The highest BCUT2D eigenvalue weighted by Gasteiger charge is 2.08. The van der Waals surface area contributed by atoms with Gasteiger partial charge in [-0.3, -0.25) is 9.78 Å². The normalized spacial score (nSPS) is 9.74. The van der Waals surface area contributed by atoms with Crippen LogP contribution < -0.4 is 5.32 Å². The Balaban J connectivity index is 2.24. The summed E-state index contributed by atoms with van der Waals surface area (Å²) in [6.45, 7) is 3.74. The van der Waals surface area contributed by atoms with Crippen molar-refractivity contribution in [3.8, 4) is 6.07 Å². The first-order valence-corrected chi connectivity index (χ1v) is 5.85. The Bertz CT molecular complexity index is 654. The van der Waals surface area contributed by atoms with Gasteiger partial charge < -0.3 is 5.32 Å². The molecule has 0 saturated heterocycles. The van der Waals surface area contributed by atoms with Crippen molar-refractivity contribution in [1.29, 1.82) is 5.26 Å². The van der Waals surface area contributed by atoms with Crippen molar-refractivity contribution >= 4 is 11.6 Å². The van der Waals surface area contributed by atoms with Crippen LogP contribution in [0.5, 0.6) is 0 Å². The van der Waals surface area contributed by atoms with E-state index in [1.54, 1.807) is 24.3 Å². The first kappa shape index (κ1) is 12.8. The second kappa shape index (κ2) is 5.32. The van der Waals surface area contributed by atoms with Gasteiger partial charge in [-0.2, -0.15) is 5.26 Å². The van der Waals surface area contributed by atoms with E-state index in [0.29, 0.717) is 16.8 Å². The molecule has 0 fully saturated rings. The van der Waals surface area contributed by atoms with Crippen LogP contribution in [0, 0.1) is 25.2 Å². The quantitative estimate of drug-likeness (QED) is 0.892. The molecule has 0 saturated carbocycles. The lowest BCUT2D eigenvalue weighted by molar-refractivity contribution is 0.102. The van der Waals surface area contributed by atoms with Crippen molar-refractivity contribution in [2.75, 3.05) is 5.32 Å². The van der Waals surface area contributed by atoms with Crippen molar-refractivity contribution in [1.82, 2.24) is 4.98 Å². The molecule has 2 aromatic rings. The number of benzene rings is 1. The predicted molar refractivity (Wildman–Crippen MR) is 72.8 cm³/mol. The second-order valence-corrected chi connectivity index (χ2v) is 4.28. The summed E-state index contributed by atoms with van der Waals surface area (Å²) in [4.78, 5) is 16.1. The van der Waals surface area contributed by atoms with Gasteiger partial charge in [-0.15, -0.1) is 0 Å². The molecule has 19 heavy (non-hydrogen) atoms. The third-order valence-electron chi connectivity index (χ3n) is 2.79. The zero-order valence-corrected chi connectivity index (χ0v) is 10.8. The SMILES string of the molecule is Cc1ccc(C(=O)Nc2cc(C#N)ccc2C)cn1. The molecule has 0 radical (unpaired) electrons. The van der Waals surface area contributed by atoms with Crippen LogP contribution in [-0.4, -0.2) is 10.9 Å². The fourth-order valence-corrected chi connectivity index (χ4v) is 1.62. The van der Waals surface area contributed by atoms with E-state index in [4.69, 9.17) is 5.26 Å². The van der Waals surface area contributed by atoms with Gasteiger partial charge in [0.05, 0.1) is 17.2 Å². The first-order chi connectivity index (χ1) is 9.10. The Hall–Kier alpha value is -2.67. The lowest BCUT2D eigenvalue weighted by Gasteiger charge is -2.08. The monoisotopic (exact) mass is 251 g/mol. The van der Waals surface area contributed by atoms with E-state index in [2.05, 4.69) is 16.4 Å². The maximum atomic E-state index is 12.0. The van der Waals surface area contributed by atoms with Gasteiger partial charge in [0.25, 0.3) is 5.91 Å². The summed E-state index contributed by atoms with van der Waals surface area (Å²) < 4.78 is 0. The number of aromatic nitrogens is 1. The van der Waals surface area contributed by atoms with Gasteiger partial charge in [0, 0.05) is 17.6 Å². The van der Waals surface area contributed by atoms with E-state index in [0.717, 1.165) is 11.3 Å². The maximum absolute atomic E-state index is 12.0. The molecule has 4 nitrogen and oxygen atoms in total. The standard InChI is InChI=1S/C15H13N3O/c1-10-3-5-12(8-16)7-14(10)18-15(19)13-6-4-11(2)17-9-13/h3-7,9H,1-2H3,(H,18,19). The van der Waals surface area contributed by atoms with Crippen LogP contribution in [0.3, 0.4) is 0 Å². The molecule has 0 unspecified atom stereocenters. The van der Waals surface area contributed by atoms with E-state index in [1.807, 2.05) is 19.9 Å². The predicted octanol–water partition coefficient (Wildman–Crippen LogP) is 2.82. The third kappa shape index (κ3) is 2.96. The zero-order chi connectivity index (χ0) is 13.8. The number of anilines is 1. The van der Waals surface area contributed by atoms with E-state index in [9.17, 15) is 4.79 Å². The van der Waals surface area contributed by atoms with Crippen LogP contribution in [0.4, 0.5) is 5.69 Å². The highest BCUT2D eigenvalue weighted by molar-refractivity contribution is 6.04. The number of nitrogens with zero attached hydrogens (tertiary/aromatic N) is 2. The number of nitrogens with one attached hydrogen (secondary N) is 1. The van der Waals surface area contributed by atoms with Gasteiger partial charge in [0.15, 0.2) is 0 Å². The van der Waals surface area contributed by atoms with E-state index in [-0.39, 0.29) is 5.91 Å². The van der Waals surface area contributed by atoms with Gasteiger partial charge in [0.1, 0.15) is 0 Å². The summed E-state index contributed by atoms with van der Waals surface area (Å²) in [5, 5.41) is 11.7. The molecule has 2 rings (SSSR count). The molecule has 1 N–H and O–H groups in total. The van der Waals surface area contributed by atoms with Crippen LogP contribution in [0.2, 0.25) is 0 Å². The minimum absolute atomic E-state index is 0.231. The van der Waals surface area contributed by atoms with E-state index in [1.165, 1.54) is 6.20 Å². The van der Waals surface area contributed by atoms with Gasteiger partial charge in [-0.1, -0.05) is 6.07 Å². The smallest absolute Gasteiger partial charge is 0.257 e. The third-order valence-corrected chi connectivity index (χ3v) is 2.79. The largest absolute Gasteiger partial charge is 0.322 e. The number of hydrogen-bond acceptors (Lipinski definition) is 3.